The molecule has 0 spiro atoms. The maximum atomic E-state index is 12.8. The summed E-state index contributed by atoms with van der Waals surface area (Å²) in [5, 5.41) is 40.0. The van der Waals surface area contributed by atoms with Crippen molar-refractivity contribution in [2.45, 2.75) is 18.8 Å². The van der Waals surface area contributed by atoms with Gasteiger partial charge in [-0.25, -0.2) is 9.78 Å². The van der Waals surface area contributed by atoms with Gasteiger partial charge in [-0.2, -0.15) is 0 Å². The van der Waals surface area contributed by atoms with Crippen molar-refractivity contribution in [3.05, 3.63) is 70.5 Å². The number of amides is 1. The molecule has 0 aliphatic carbocycles. The van der Waals surface area contributed by atoms with E-state index in [2.05, 4.69) is 25.8 Å². The van der Waals surface area contributed by atoms with Gasteiger partial charge in [-0.3, -0.25) is 9.78 Å². The van der Waals surface area contributed by atoms with Crippen molar-refractivity contribution in [2.75, 3.05) is 11.9 Å². The smallest absolute Gasteiger partial charge is 0.534 e. The number of fused-ring (bicyclic) bond motifs is 1. The number of nitrogens with zero attached hydrogens (tertiary/aromatic N) is 3. The van der Waals surface area contributed by atoms with Crippen LogP contribution in [0.4, 0.5) is 5.13 Å². The van der Waals surface area contributed by atoms with Crippen LogP contribution in [0.1, 0.15) is 27.2 Å². The molecule has 3 heterocycles. The molecule has 4 rings (SSSR count). The summed E-state index contributed by atoms with van der Waals surface area (Å²) in [5.41, 5.74) is 1.39. The number of carboxylic acid groups (broad SMARTS) is 1. The number of carboxylic acids is 1. The summed E-state index contributed by atoms with van der Waals surface area (Å²) >= 11 is 1.25. The summed E-state index contributed by atoms with van der Waals surface area (Å²) in [6.07, 6.45) is 4.32. The Morgan fingerprint density at radius 2 is 2.06 bits per heavy atom. The minimum atomic E-state index is -1.49. The molecule has 174 valence electrons. The molecule has 1 aliphatic rings. The van der Waals surface area contributed by atoms with Gasteiger partial charge >= 0.3 is 13.1 Å². The second-order valence-electron chi connectivity index (χ2n) is 7.41. The predicted molar refractivity (Wildman–Crippen MR) is 125 cm³/mol. The largest absolute Gasteiger partial charge is 0.547 e. The SMILES string of the molecule is O=C(N[C@H]1Cc2cccc(C(=O)O)c2OB1O)/C(=N/O)c1csc(NCCc2ccncc2)n1. The van der Waals surface area contributed by atoms with Crippen LogP contribution in [0.25, 0.3) is 0 Å². The first-order valence-electron chi connectivity index (χ1n) is 10.3. The number of rotatable bonds is 8. The number of para-hydroxylation sites is 1. The van der Waals surface area contributed by atoms with Crippen LogP contribution in [0.15, 0.2) is 53.3 Å². The number of hydrogen-bond donors (Lipinski definition) is 5. The molecule has 13 heteroatoms. The molecule has 1 aliphatic heterocycles. The topological polar surface area (TPSA) is 166 Å². The van der Waals surface area contributed by atoms with Crippen molar-refractivity contribution in [1.29, 1.82) is 0 Å². The maximum Gasteiger partial charge on any atom is 0.547 e. The van der Waals surface area contributed by atoms with Gasteiger partial charge in [0, 0.05) is 24.3 Å². The van der Waals surface area contributed by atoms with Crippen LogP contribution < -0.4 is 15.3 Å². The summed E-state index contributed by atoms with van der Waals surface area (Å²) in [5.74, 6) is -2.78. The molecule has 3 aromatic rings. The molecule has 5 N–H and O–H groups in total. The summed E-state index contributed by atoms with van der Waals surface area (Å²) in [7, 11) is -1.49. The molecule has 11 nitrogen and oxygen atoms in total. The molecule has 0 unspecified atom stereocenters. The molecule has 34 heavy (non-hydrogen) atoms. The fraction of sp³-hybridized carbons (Fsp3) is 0.190. The van der Waals surface area contributed by atoms with Crippen molar-refractivity contribution in [3.8, 4) is 5.75 Å². The molecule has 0 saturated carbocycles. The highest BCUT2D eigenvalue weighted by Crippen LogP contribution is 2.30. The third-order valence-electron chi connectivity index (χ3n) is 5.17. The lowest BCUT2D eigenvalue weighted by Crippen LogP contribution is -2.54. The average Bonchev–Trinajstić information content (AvgIpc) is 3.28. The number of aromatic nitrogens is 2. The van der Waals surface area contributed by atoms with Crippen LogP contribution in [0.5, 0.6) is 5.75 Å². The molecule has 1 atom stereocenters. The molecular formula is C21H20BN5O6S. The van der Waals surface area contributed by atoms with Gasteiger partial charge in [-0.05, 0) is 42.2 Å². The van der Waals surface area contributed by atoms with E-state index in [1.54, 1.807) is 29.9 Å². The van der Waals surface area contributed by atoms with Crippen molar-refractivity contribution in [2.24, 2.45) is 5.16 Å². The van der Waals surface area contributed by atoms with Crippen LogP contribution in [0.3, 0.4) is 0 Å². The quantitative estimate of drug-likeness (QED) is 0.138. The lowest BCUT2D eigenvalue weighted by molar-refractivity contribution is -0.115. The van der Waals surface area contributed by atoms with E-state index in [0.717, 1.165) is 12.0 Å². The zero-order valence-corrected chi connectivity index (χ0v) is 18.5. The number of thiazole rings is 1. The number of hydrogen-bond acceptors (Lipinski definition) is 10. The number of carbonyl (C=O) groups is 2. The monoisotopic (exact) mass is 481 g/mol. The second kappa shape index (κ2) is 10.3. The summed E-state index contributed by atoms with van der Waals surface area (Å²) in [6, 6.07) is 8.41. The third kappa shape index (κ3) is 5.16. The van der Waals surface area contributed by atoms with Crippen molar-refractivity contribution in [1.82, 2.24) is 15.3 Å². The molecular weight excluding hydrogens is 461 g/mol. The van der Waals surface area contributed by atoms with Gasteiger partial charge in [0.2, 0.25) is 0 Å². The van der Waals surface area contributed by atoms with E-state index < -0.39 is 24.9 Å². The normalized spacial score (nSPS) is 15.3. The number of nitrogens with one attached hydrogen (secondary N) is 2. The Balaban J connectivity index is 1.39. The predicted octanol–water partition coefficient (Wildman–Crippen LogP) is 1.21. The summed E-state index contributed by atoms with van der Waals surface area (Å²) < 4.78 is 5.37. The lowest BCUT2D eigenvalue weighted by atomic mass is 9.72. The Morgan fingerprint density at radius 3 is 2.79 bits per heavy atom. The number of pyridine rings is 1. The van der Waals surface area contributed by atoms with E-state index in [-0.39, 0.29) is 29.1 Å². The Morgan fingerprint density at radius 1 is 1.26 bits per heavy atom. The second-order valence-corrected chi connectivity index (χ2v) is 8.27. The van der Waals surface area contributed by atoms with E-state index in [1.165, 1.54) is 17.4 Å². The van der Waals surface area contributed by atoms with Gasteiger partial charge in [0.05, 0.1) is 11.5 Å². The van der Waals surface area contributed by atoms with Gasteiger partial charge in [0.25, 0.3) is 5.91 Å². The number of anilines is 1. The van der Waals surface area contributed by atoms with Gasteiger partial charge in [0.15, 0.2) is 10.8 Å². The third-order valence-corrected chi connectivity index (χ3v) is 5.97. The number of oxime groups is 1. The van der Waals surface area contributed by atoms with E-state index in [4.69, 9.17) is 4.65 Å². The first-order chi connectivity index (χ1) is 16.5. The van der Waals surface area contributed by atoms with Crippen molar-refractivity contribution in [3.63, 3.8) is 0 Å². The number of benzene rings is 1. The minimum absolute atomic E-state index is 0.0611. The Labute approximate surface area is 198 Å². The highest BCUT2D eigenvalue weighted by Gasteiger charge is 2.38. The van der Waals surface area contributed by atoms with E-state index in [9.17, 15) is 24.9 Å². The van der Waals surface area contributed by atoms with Crippen LogP contribution >= 0.6 is 11.3 Å². The van der Waals surface area contributed by atoms with Crippen LogP contribution in [-0.4, -0.2) is 62.5 Å². The minimum Gasteiger partial charge on any atom is -0.534 e. The Kier molecular flexibility index (Phi) is 7.04. The average molecular weight is 481 g/mol. The molecule has 1 amide bonds. The first-order valence-corrected chi connectivity index (χ1v) is 11.2. The van der Waals surface area contributed by atoms with Gasteiger partial charge in [0.1, 0.15) is 11.4 Å². The van der Waals surface area contributed by atoms with Crippen molar-refractivity contribution >= 4 is 41.2 Å². The maximum absolute atomic E-state index is 12.8. The first kappa shape index (κ1) is 23.2. The van der Waals surface area contributed by atoms with E-state index in [1.807, 2.05) is 12.1 Å². The zero-order valence-electron chi connectivity index (χ0n) is 17.7. The van der Waals surface area contributed by atoms with E-state index in [0.29, 0.717) is 17.2 Å². The molecule has 1 aromatic carbocycles. The van der Waals surface area contributed by atoms with Gasteiger partial charge in [-0.15, -0.1) is 11.3 Å². The zero-order chi connectivity index (χ0) is 24.1. The van der Waals surface area contributed by atoms with Gasteiger partial charge in [-0.1, -0.05) is 17.3 Å². The highest BCUT2D eigenvalue weighted by atomic mass is 32.1. The standard InChI is InChI=1S/C21H20BN5O6S/c28-19(26-16-10-13-2-1-3-14(20(29)30)18(13)33-22(16)31)17(27-32)15-11-34-21(25-15)24-9-6-12-4-7-23-8-5-12/h1-5,7-8,11,16,31-32H,6,9-10H2,(H,24,25)(H,26,28)(H,29,30)/b27-17+/t16-/m0/s1. The number of carbonyl (C=O) groups excluding carboxylic acids is 1. The van der Waals surface area contributed by atoms with Crippen LogP contribution in [-0.2, 0) is 17.6 Å². The summed E-state index contributed by atoms with van der Waals surface area (Å²) in [6.45, 7) is 0.609. The summed E-state index contributed by atoms with van der Waals surface area (Å²) in [4.78, 5) is 32.4. The van der Waals surface area contributed by atoms with E-state index >= 15 is 0 Å². The lowest BCUT2D eigenvalue weighted by Gasteiger charge is -2.28. The Bertz CT molecular complexity index is 1220. The van der Waals surface area contributed by atoms with Crippen LogP contribution in [0, 0.1) is 0 Å². The molecule has 0 bridgehead atoms. The highest BCUT2D eigenvalue weighted by molar-refractivity contribution is 7.14. The fourth-order valence-electron chi connectivity index (χ4n) is 3.49. The Hall–Kier alpha value is -3.97. The molecule has 0 fully saturated rings. The fourth-order valence-corrected chi connectivity index (χ4v) is 4.22. The van der Waals surface area contributed by atoms with Crippen molar-refractivity contribution < 1.29 is 29.6 Å². The molecule has 2 aromatic heterocycles. The molecule has 0 radical (unpaired) electrons. The molecule has 0 saturated heterocycles. The van der Waals surface area contributed by atoms with Gasteiger partial charge < -0.3 is 30.6 Å². The van der Waals surface area contributed by atoms with Crippen LogP contribution in [0.2, 0.25) is 0 Å². The number of aromatic carboxylic acids is 1.